The quantitative estimate of drug-likeness (QED) is 0.739. The van der Waals surface area contributed by atoms with Crippen LogP contribution in [0.25, 0.3) is 11.1 Å². The first kappa shape index (κ1) is 13.0. The molecule has 0 amide bonds. The number of rotatable bonds is 1. The zero-order valence-electron chi connectivity index (χ0n) is 10.9. The van der Waals surface area contributed by atoms with E-state index in [2.05, 4.69) is 0 Å². The lowest BCUT2D eigenvalue weighted by atomic mass is 9.95. The van der Waals surface area contributed by atoms with E-state index >= 15 is 0 Å². The Bertz CT molecular complexity index is 659. The van der Waals surface area contributed by atoms with Crippen LogP contribution < -0.4 is 4.74 Å². The molecule has 0 bridgehead atoms. The van der Waals surface area contributed by atoms with Gasteiger partial charge < -0.3 is 4.74 Å². The van der Waals surface area contributed by atoms with Gasteiger partial charge in [0, 0.05) is 12.0 Å². The summed E-state index contributed by atoms with van der Waals surface area (Å²) in [5.74, 6) is 0.590. The van der Waals surface area contributed by atoms with Gasteiger partial charge in [-0.1, -0.05) is 24.3 Å². The van der Waals surface area contributed by atoms with E-state index in [0.717, 1.165) is 11.1 Å². The van der Waals surface area contributed by atoms with Crippen LogP contribution in [0.4, 0.5) is 13.2 Å². The van der Waals surface area contributed by atoms with Gasteiger partial charge in [0.25, 0.3) is 0 Å². The van der Waals surface area contributed by atoms with Crippen molar-refractivity contribution in [3.05, 3.63) is 53.1 Å². The number of halogens is 3. The van der Waals surface area contributed by atoms with Crippen LogP contribution in [-0.4, -0.2) is 6.61 Å². The Hall–Kier alpha value is -1.97. The second-order valence-electron chi connectivity index (χ2n) is 4.92. The number of ether oxygens (including phenoxy) is 1. The zero-order chi connectivity index (χ0) is 14.3. The standard InChI is InChI=1S/C16H13F3O/c1-10-4-2-3-5-13(10)14-9-12(16(17,18)19)8-11-6-7-20-15(11)14/h2-5,8-9H,6-7H2,1H3. The third kappa shape index (κ3) is 2.15. The van der Waals surface area contributed by atoms with Gasteiger partial charge in [0.05, 0.1) is 12.2 Å². The molecule has 1 heterocycles. The lowest BCUT2D eigenvalue weighted by molar-refractivity contribution is -0.137. The average molecular weight is 278 g/mol. The smallest absolute Gasteiger partial charge is 0.416 e. The number of aryl methyl sites for hydroxylation is 1. The summed E-state index contributed by atoms with van der Waals surface area (Å²) in [4.78, 5) is 0. The van der Waals surface area contributed by atoms with Crippen LogP contribution in [-0.2, 0) is 12.6 Å². The van der Waals surface area contributed by atoms with Crippen LogP contribution in [0.1, 0.15) is 16.7 Å². The molecule has 2 aromatic rings. The molecule has 1 aliphatic rings. The maximum absolute atomic E-state index is 13.0. The molecule has 0 atom stereocenters. The summed E-state index contributed by atoms with van der Waals surface area (Å²) in [7, 11) is 0. The molecule has 0 saturated carbocycles. The van der Waals surface area contributed by atoms with Crippen molar-refractivity contribution in [2.24, 2.45) is 0 Å². The van der Waals surface area contributed by atoms with Crippen molar-refractivity contribution >= 4 is 0 Å². The minimum atomic E-state index is -4.34. The summed E-state index contributed by atoms with van der Waals surface area (Å²) >= 11 is 0. The van der Waals surface area contributed by atoms with Gasteiger partial charge in [-0.15, -0.1) is 0 Å². The minimum absolute atomic E-state index is 0.440. The fourth-order valence-corrected chi connectivity index (χ4v) is 2.55. The molecule has 3 rings (SSSR count). The highest BCUT2D eigenvalue weighted by molar-refractivity contribution is 5.76. The van der Waals surface area contributed by atoms with Gasteiger partial charge in [0.1, 0.15) is 5.75 Å². The van der Waals surface area contributed by atoms with Crippen LogP contribution in [0.3, 0.4) is 0 Å². The molecule has 104 valence electrons. The van der Waals surface area contributed by atoms with Crippen LogP contribution in [0.5, 0.6) is 5.75 Å². The number of alkyl halides is 3. The molecule has 0 aromatic heterocycles. The van der Waals surface area contributed by atoms with E-state index in [1.807, 2.05) is 31.2 Å². The third-order valence-electron chi connectivity index (χ3n) is 3.55. The molecule has 0 aliphatic carbocycles. The van der Waals surface area contributed by atoms with Crippen molar-refractivity contribution < 1.29 is 17.9 Å². The fraction of sp³-hybridized carbons (Fsp3) is 0.250. The van der Waals surface area contributed by atoms with E-state index in [4.69, 9.17) is 4.74 Å². The van der Waals surface area contributed by atoms with Crippen molar-refractivity contribution in [2.45, 2.75) is 19.5 Å². The van der Waals surface area contributed by atoms with Crippen LogP contribution >= 0.6 is 0 Å². The molecule has 0 saturated heterocycles. The average Bonchev–Trinajstić information content (AvgIpc) is 2.85. The van der Waals surface area contributed by atoms with Gasteiger partial charge in [-0.3, -0.25) is 0 Å². The van der Waals surface area contributed by atoms with Crippen LogP contribution in [0.15, 0.2) is 36.4 Å². The summed E-state index contributed by atoms with van der Waals surface area (Å²) in [6.07, 6.45) is -3.81. The second-order valence-corrected chi connectivity index (χ2v) is 4.92. The monoisotopic (exact) mass is 278 g/mol. The fourth-order valence-electron chi connectivity index (χ4n) is 2.55. The Morgan fingerprint density at radius 2 is 1.80 bits per heavy atom. The molecule has 2 aromatic carbocycles. The topological polar surface area (TPSA) is 9.23 Å². The largest absolute Gasteiger partial charge is 0.492 e. The Morgan fingerprint density at radius 3 is 2.50 bits per heavy atom. The Balaban J connectivity index is 2.25. The van der Waals surface area contributed by atoms with E-state index in [1.165, 1.54) is 12.1 Å². The molecular formula is C16H13F3O. The molecule has 4 heteroatoms. The van der Waals surface area contributed by atoms with E-state index in [1.54, 1.807) is 0 Å². The van der Waals surface area contributed by atoms with Crippen LogP contribution in [0.2, 0.25) is 0 Å². The molecule has 0 radical (unpaired) electrons. The lowest BCUT2D eigenvalue weighted by Crippen LogP contribution is -2.06. The van der Waals surface area contributed by atoms with E-state index in [0.29, 0.717) is 29.9 Å². The van der Waals surface area contributed by atoms with Crippen molar-refractivity contribution in [3.63, 3.8) is 0 Å². The normalized spacial score (nSPS) is 14.0. The van der Waals surface area contributed by atoms with E-state index in [9.17, 15) is 13.2 Å². The summed E-state index contributed by atoms with van der Waals surface area (Å²) in [5, 5.41) is 0. The second kappa shape index (κ2) is 4.54. The van der Waals surface area contributed by atoms with E-state index in [-0.39, 0.29) is 0 Å². The number of hydrogen-bond acceptors (Lipinski definition) is 1. The summed E-state index contributed by atoms with van der Waals surface area (Å²) in [6.45, 7) is 2.33. The molecule has 0 fully saturated rings. The molecule has 1 aliphatic heterocycles. The summed E-state index contributed by atoms with van der Waals surface area (Å²) in [6, 6.07) is 9.79. The first-order chi connectivity index (χ1) is 9.47. The van der Waals surface area contributed by atoms with Gasteiger partial charge >= 0.3 is 6.18 Å². The Morgan fingerprint density at radius 1 is 1.05 bits per heavy atom. The van der Waals surface area contributed by atoms with Crippen molar-refractivity contribution in [2.75, 3.05) is 6.61 Å². The predicted octanol–water partition coefficient (Wildman–Crippen LogP) is 4.62. The number of benzene rings is 2. The summed E-state index contributed by atoms with van der Waals surface area (Å²) in [5.41, 5.74) is 2.28. The zero-order valence-corrected chi connectivity index (χ0v) is 10.9. The first-order valence-electron chi connectivity index (χ1n) is 6.40. The SMILES string of the molecule is Cc1ccccc1-c1cc(C(F)(F)F)cc2c1OCC2. The predicted molar refractivity (Wildman–Crippen MR) is 70.8 cm³/mol. The number of hydrogen-bond donors (Lipinski definition) is 0. The number of fused-ring (bicyclic) bond motifs is 1. The Labute approximate surface area is 115 Å². The highest BCUT2D eigenvalue weighted by Crippen LogP contribution is 2.42. The van der Waals surface area contributed by atoms with Gasteiger partial charge in [0.2, 0.25) is 0 Å². The molecule has 0 unspecified atom stereocenters. The van der Waals surface area contributed by atoms with Crippen LogP contribution in [0, 0.1) is 6.92 Å². The van der Waals surface area contributed by atoms with Crippen molar-refractivity contribution in [3.8, 4) is 16.9 Å². The van der Waals surface area contributed by atoms with Gasteiger partial charge in [-0.05, 0) is 35.7 Å². The maximum Gasteiger partial charge on any atom is 0.416 e. The summed E-state index contributed by atoms with van der Waals surface area (Å²) < 4.78 is 44.6. The van der Waals surface area contributed by atoms with Crippen molar-refractivity contribution in [1.82, 2.24) is 0 Å². The first-order valence-corrected chi connectivity index (χ1v) is 6.40. The third-order valence-corrected chi connectivity index (χ3v) is 3.55. The van der Waals surface area contributed by atoms with Gasteiger partial charge in [0.15, 0.2) is 0 Å². The van der Waals surface area contributed by atoms with Crippen molar-refractivity contribution in [1.29, 1.82) is 0 Å². The lowest BCUT2D eigenvalue weighted by Gasteiger charge is -2.14. The molecule has 0 N–H and O–H groups in total. The van der Waals surface area contributed by atoms with E-state index < -0.39 is 11.7 Å². The van der Waals surface area contributed by atoms with Gasteiger partial charge in [-0.2, -0.15) is 13.2 Å². The molecule has 0 spiro atoms. The highest BCUT2D eigenvalue weighted by Gasteiger charge is 2.33. The minimum Gasteiger partial charge on any atom is -0.492 e. The maximum atomic E-state index is 13.0. The molecule has 1 nitrogen and oxygen atoms in total. The molecule has 20 heavy (non-hydrogen) atoms. The highest BCUT2D eigenvalue weighted by atomic mass is 19.4. The Kier molecular flexibility index (Phi) is 2.96. The van der Waals surface area contributed by atoms with Gasteiger partial charge in [-0.25, -0.2) is 0 Å². The molecular weight excluding hydrogens is 265 g/mol.